The molecule has 0 saturated carbocycles. The number of primary amides is 1. The van der Waals surface area contributed by atoms with E-state index in [1.54, 1.807) is 0 Å². The predicted molar refractivity (Wildman–Crippen MR) is 53.5 cm³/mol. The number of rotatable bonds is 2. The van der Waals surface area contributed by atoms with E-state index >= 15 is 0 Å². The molecule has 78 valence electrons. The van der Waals surface area contributed by atoms with Gasteiger partial charge in [0.05, 0.1) is 7.11 Å². The van der Waals surface area contributed by atoms with Crippen LogP contribution in [0.15, 0.2) is 6.07 Å². The average molecular weight is 218 g/mol. The number of halogens is 1. The van der Waals surface area contributed by atoms with Crippen molar-refractivity contribution in [3.05, 3.63) is 17.0 Å². The molecule has 0 atom stereocenters. The summed E-state index contributed by atoms with van der Waals surface area (Å²) in [7, 11) is 1.41. The summed E-state index contributed by atoms with van der Waals surface area (Å²) in [5.74, 6) is -0.457. The molecule has 1 heterocycles. The fraction of sp³-hybridized carbons (Fsp3) is 0.375. The lowest BCUT2D eigenvalue weighted by molar-refractivity contribution is 0.0995. The monoisotopic (exact) mass is 217 g/mol. The van der Waals surface area contributed by atoms with E-state index in [1.807, 2.05) is 13.8 Å². The number of nitrogens with two attached hydrogens (primary N) is 1. The van der Waals surface area contributed by atoms with Crippen molar-refractivity contribution in [3.63, 3.8) is 0 Å². The highest BCUT2D eigenvalue weighted by molar-refractivity contribution is 6.28. The topological polar surface area (TPSA) is 78.1 Å². The summed E-state index contributed by atoms with van der Waals surface area (Å²) < 4.78 is 4.74. The molecule has 0 radical (unpaired) electrons. The van der Waals surface area contributed by atoms with Gasteiger partial charge in [-0.1, -0.05) is 13.8 Å². The number of amides is 1. The molecule has 2 N–H and O–H groups in total. The van der Waals surface area contributed by atoms with E-state index in [4.69, 9.17) is 22.1 Å². The Morgan fingerprint density at radius 3 is 2.50 bits per heavy atom. The van der Waals surface area contributed by atoms with Crippen molar-refractivity contribution in [3.8, 4) is 5.88 Å². The fourth-order valence-electron chi connectivity index (χ4n) is 0.628. The zero-order valence-corrected chi connectivity index (χ0v) is 9.00. The first-order chi connectivity index (χ1) is 6.63. The van der Waals surface area contributed by atoms with E-state index < -0.39 is 5.91 Å². The van der Waals surface area contributed by atoms with Crippen molar-refractivity contribution >= 4 is 17.5 Å². The molecular weight excluding hydrogens is 206 g/mol. The third-order valence-electron chi connectivity index (χ3n) is 1.14. The van der Waals surface area contributed by atoms with Gasteiger partial charge in [0.15, 0.2) is 0 Å². The molecule has 0 aliphatic heterocycles. The lowest BCUT2D eigenvalue weighted by atomic mass is 10.4. The zero-order valence-electron chi connectivity index (χ0n) is 8.24. The normalized spacial score (nSPS) is 8.57. The summed E-state index contributed by atoms with van der Waals surface area (Å²) in [6.45, 7) is 4.00. The Labute approximate surface area is 87.3 Å². The molecule has 6 heteroatoms. The first-order valence-corrected chi connectivity index (χ1v) is 4.39. The van der Waals surface area contributed by atoms with Gasteiger partial charge in [0, 0.05) is 6.07 Å². The van der Waals surface area contributed by atoms with Crippen molar-refractivity contribution in [2.75, 3.05) is 7.11 Å². The molecule has 14 heavy (non-hydrogen) atoms. The van der Waals surface area contributed by atoms with Crippen LogP contribution in [-0.4, -0.2) is 23.0 Å². The molecule has 0 fully saturated rings. The van der Waals surface area contributed by atoms with E-state index in [9.17, 15) is 4.79 Å². The number of nitrogens with zero attached hydrogens (tertiary/aromatic N) is 2. The summed E-state index contributed by atoms with van der Waals surface area (Å²) >= 11 is 5.46. The van der Waals surface area contributed by atoms with Gasteiger partial charge in [-0.05, 0) is 11.6 Å². The van der Waals surface area contributed by atoms with Crippen molar-refractivity contribution in [1.82, 2.24) is 9.97 Å². The summed E-state index contributed by atoms with van der Waals surface area (Å²) in [5.41, 5.74) is 5.00. The zero-order chi connectivity index (χ0) is 11.1. The smallest absolute Gasteiger partial charge is 0.267 e. The summed E-state index contributed by atoms with van der Waals surface area (Å²) in [5, 5.41) is -0.0665. The van der Waals surface area contributed by atoms with Gasteiger partial charge in [-0.15, -0.1) is 0 Å². The molecule has 0 spiro atoms. The molecule has 0 aliphatic carbocycles. The highest BCUT2D eigenvalue weighted by Crippen LogP contribution is 2.11. The summed E-state index contributed by atoms with van der Waals surface area (Å²) in [6, 6.07) is 1.31. The molecule has 0 saturated heterocycles. The highest BCUT2D eigenvalue weighted by atomic mass is 35.5. The number of hydrogen-bond donors (Lipinski definition) is 1. The van der Waals surface area contributed by atoms with Gasteiger partial charge >= 0.3 is 0 Å². The molecule has 0 unspecified atom stereocenters. The lowest BCUT2D eigenvalue weighted by Crippen LogP contribution is -2.13. The van der Waals surface area contributed by atoms with E-state index in [2.05, 4.69) is 9.97 Å². The maximum atomic E-state index is 10.6. The van der Waals surface area contributed by atoms with Gasteiger partial charge in [-0.2, -0.15) is 4.98 Å². The largest absolute Gasteiger partial charge is 0.481 e. The first-order valence-electron chi connectivity index (χ1n) is 4.02. The minimum atomic E-state index is -0.669. The fourth-order valence-corrected chi connectivity index (χ4v) is 0.802. The minimum Gasteiger partial charge on any atom is -0.481 e. The molecule has 0 bridgehead atoms. The first kappa shape index (κ1) is 12.6. The molecule has 5 nitrogen and oxygen atoms in total. The van der Waals surface area contributed by atoms with Crippen molar-refractivity contribution in [2.24, 2.45) is 5.73 Å². The Balaban J connectivity index is 0.000000791. The van der Waals surface area contributed by atoms with Crippen LogP contribution in [0.2, 0.25) is 5.28 Å². The van der Waals surface area contributed by atoms with Gasteiger partial charge in [0.1, 0.15) is 5.69 Å². The van der Waals surface area contributed by atoms with E-state index in [0.717, 1.165) is 0 Å². The van der Waals surface area contributed by atoms with Crippen LogP contribution >= 0.6 is 11.6 Å². The number of carbonyl (C=O) groups excluding carboxylic acids is 1. The van der Waals surface area contributed by atoms with Crippen LogP contribution in [-0.2, 0) is 0 Å². The Morgan fingerprint density at radius 1 is 1.50 bits per heavy atom. The van der Waals surface area contributed by atoms with Gasteiger partial charge in [-0.3, -0.25) is 4.79 Å². The Hall–Kier alpha value is -1.36. The van der Waals surface area contributed by atoms with Crippen molar-refractivity contribution < 1.29 is 9.53 Å². The van der Waals surface area contributed by atoms with Crippen LogP contribution in [0.1, 0.15) is 24.3 Å². The predicted octanol–water partition coefficient (Wildman–Crippen LogP) is 1.26. The average Bonchev–Trinajstić information content (AvgIpc) is 2.20. The van der Waals surface area contributed by atoms with Gasteiger partial charge in [0.2, 0.25) is 11.2 Å². The van der Waals surface area contributed by atoms with Crippen LogP contribution in [0.4, 0.5) is 0 Å². The van der Waals surface area contributed by atoms with Gasteiger partial charge < -0.3 is 10.5 Å². The lowest BCUT2D eigenvalue weighted by Gasteiger charge is -1.99. The number of hydrogen-bond acceptors (Lipinski definition) is 4. The summed E-state index contributed by atoms with van der Waals surface area (Å²) in [6.07, 6.45) is 0. The molecule has 1 aromatic heterocycles. The molecule has 1 aromatic rings. The Bertz CT molecular complexity index is 317. The molecule has 1 rings (SSSR count). The third kappa shape index (κ3) is 3.57. The highest BCUT2D eigenvalue weighted by Gasteiger charge is 2.06. The van der Waals surface area contributed by atoms with E-state index in [1.165, 1.54) is 13.2 Å². The van der Waals surface area contributed by atoms with Crippen LogP contribution in [0, 0.1) is 0 Å². The van der Waals surface area contributed by atoms with E-state index in [-0.39, 0.29) is 16.9 Å². The Kier molecular flexibility index (Phi) is 5.55. The number of ether oxygens (including phenoxy) is 1. The number of carbonyl (C=O) groups is 1. The number of aromatic nitrogens is 2. The van der Waals surface area contributed by atoms with Crippen molar-refractivity contribution in [1.29, 1.82) is 0 Å². The Morgan fingerprint density at radius 2 is 2.07 bits per heavy atom. The quantitative estimate of drug-likeness (QED) is 0.757. The number of methoxy groups -OCH3 is 1. The molecule has 0 aliphatic rings. The van der Waals surface area contributed by atoms with Crippen LogP contribution in [0.25, 0.3) is 0 Å². The second-order valence-electron chi connectivity index (χ2n) is 1.93. The summed E-state index contributed by atoms with van der Waals surface area (Å²) in [4.78, 5) is 17.9. The standard InChI is InChI=1S/C6H6ClN3O2.C2H6/c1-12-4-2-3(5(8)11)9-6(7)10-4;1-2/h2H,1H3,(H2,8,11);1-2H3. The molecular formula is C8H12ClN3O2. The van der Waals surface area contributed by atoms with Gasteiger partial charge in [-0.25, -0.2) is 4.98 Å². The van der Waals surface area contributed by atoms with Crippen molar-refractivity contribution in [2.45, 2.75) is 13.8 Å². The maximum absolute atomic E-state index is 10.6. The van der Waals surface area contributed by atoms with Crippen LogP contribution in [0.5, 0.6) is 5.88 Å². The third-order valence-corrected chi connectivity index (χ3v) is 1.31. The van der Waals surface area contributed by atoms with Gasteiger partial charge in [0.25, 0.3) is 5.91 Å². The molecule has 0 aromatic carbocycles. The van der Waals surface area contributed by atoms with Crippen LogP contribution in [0.3, 0.4) is 0 Å². The second kappa shape index (κ2) is 6.15. The molecule has 1 amide bonds. The SMILES string of the molecule is CC.COc1cc(C(N)=O)nc(Cl)n1. The van der Waals surface area contributed by atoms with Crippen LogP contribution < -0.4 is 10.5 Å². The minimum absolute atomic E-state index is 0.0341. The maximum Gasteiger partial charge on any atom is 0.267 e. The van der Waals surface area contributed by atoms with E-state index in [0.29, 0.717) is 0 Å². The second-order valence-corrected chi connectivity index (χ2v) is 2.27.